The van der Waals surface area contributed by atoms with Crippen LogP contribution in [0.25, 0.3) is 0 Å². The Labute approximate surface area is 132 Å². The molecule has 118 valence electrons. The summed E-state index contributed by atoms with van der Waals surface area (Å²) in [5, 5.41) is 4.20. The fraction of sp³-hybridized carbons (Fsp3) is 0.500. The second kappa shape index (κ2) is 6.97. The topological polar surface area (TPSA) is 38.5 Å². The summed E-state index contributed by atoms with van der Waals surface area (Å²) >= 11 is 0. The Hall–Kier alpha value is -1.81. The standard InChI is InChI=1S/C18H24N2O2/c1-3-11-21-16-8-6-15(7-9-16)13-20-10-4-5-18(20)17-12-14(2)22-19-17/h6-9,12,18H,3-5,10-11,13H2,1-2H3/t18-/m1/s1. The van der Waals surface area contributed by atoms with Gasteiger partial charge in [0.15, 0.2) is 0 Å². The lowest BCUT2D eigenvalue weighted by atomic mass is 10.1. The van der Waals surface area contributed by atoms with Gasteiger partial charge in [-0.15, -0.1) is 0 Å². The Morgan fingerprint density at radius 3 is 2.82 bits per heavy atom. The van der Waals surface area contributed by atoms with Gasteiger partial charge in [0, 0.05) is 12.6 Å². The SMILES string of the molecule is CCCOc1ccc(CN2CCC[C@@H]2c2cc(C)on2)cc1. The van der Waals surface area contributed by atoms with Gasteiger partial charge in [-0.25, -0.2) is 0 Å². The van der Waals surface area contributed by atoms with E-state index in [4.69, 9.17) is 9.26 Å². The van der Waals surface area contributed by atoms with Crippen molar-refractivity contribution in [2.45, 2.75) is 45.7 Å². The van der Waals surface area contributed by atoms with Crippen LogP contribution >= 0.6 is 0 Å². The van der Waals surface area contributed by atoms with Gasteiger partial charge in [-0.3, -0.25) is 4.90 Å². The number of nitrogens with zero attached hydrogens (tertiary/aromatic N) is 2. The monoisotopic (exact) mass is 300 g/mol. The Balaban J connectivity index is 1.64. The molecule has 1 saturated heterocycles. The average Bonchev–Trinajstić information content (AvgIpc) is 3.15. The van der Waals surface area contributed by atoms with Gasteiger partial charge in [0.25, 0.3) is 0 Å². The first-order valence-electron chi connectivity index (χ1n) is 8.15. The third-order valence-corrected chi connectivity index (χ3v) is 4.13. The number of aryl methyl sites for hydroxylation is 1. The number of rotatable bonds is 6. The van der Waals surface area contributed by atoms with E-state index in [1.807, 2.05) is 6.92 Å². The fourth-order valence-electron chi connectivity index (χ4n) is 3.04. The van der Waals surface area contributed by atoms with E-state index in [0.29, 0.717) is 6.04 Å². The predicted octanol–water partition coefficient (Wildman–Crippen LogP) is 4.11. The zero-order valence-electron chi connectivity index (χ0n) is 13.4. The van der Waals surface area contributed by atoms with Crippen molar-refractivity contribution in [2.75, 3.05) is 13.2 Å². The van der Waals surface area contributed by atoms with E-state index >= 15 is 0 Å². The van der Waals surface area contributed by atoms with Gasteiger partial charge in [0.05, 0.1) is 12.6 Å². The Morgan fingerprint density at radius 2 is 2.14 bits per heavy atom. The van der Waals surface area contributed by atoms with Crippen molar-refractivity contribution in [3.8, 4) is 5.75 Å². The molecule has 0 aliphatic carbocycles. The number of likely N-dealkylation sites (tertiary alicyclic amines) is 1. The van der Waals surface area contributed by atoms with Crippen molar-refractivity contribution in [2.24, 2.45) is 0 Å². The Bertz CT molecular complexity index is 591. The minimum Gasteiger partial charge on any atom is -0.494 e. The highest BCUT2D eigenvalue weighted by molar-refractivity contribution is 5.27. The summed E-state index contributed by atoms with van der Waals surface area (Å²) in [4.78, 5) is 2.49. The van der Waals surface area contributed by atoms with Gasteiger partial charge in [0.1, 0.15) is 17.2 Å². The van der Waals surface area contributed by atoms with Crippen LogP contribution in [0.4, 0.5) is 0 Å². The second-order valence-corrected chi connectivity index (χ2v) is 5.98. The highest BCUT2D eigenvalue weighted by Gasteiger charge is 2.28. The van der Waals surface area contributed by atoms with Crippen LogP contribution in [0.15, 0.2) is 34.9 Å². The van der Waals surface area contributed by atoms with Gasteiger partial charge in [-0.2, -0.15) is 0 Å². The van der Waals surface area contributed by atoms with Crippen molar-refractivity contribution in [1.82, 2.24) is 10.1 Å². The van der Waals surface area contributed by atoms with Crippen LogP contribution in [0.3, 0.4) is 0 Å². The van der Waals surface area contributed by atoms with Crippen molar-refractivity contribution < 1.29 is 9.26 Å². The van der Waals surface area contributed by atoms with Gasteiger partial charge in [-0.05, 0) is 50.4 Å². The third kappa shape index (κ3) is 3.50. The summed E-state index contributed by atoms with van der Waals surface area (Å²) in [6.45, 7) is 6.91. The molecule has 0 spiro atoms. The average molecular weight is 300 g/mol. The molecule has 4 heteroatoms. The lowest BCUT2D eigenvalue weighted by Gasteiger charge is -2.22. The van der Waals surface area contributed by atoms with Crippen molar-refractivity contribution >= 4 is 0 Å². The molecule has 1 aromatic carbocycles. The molecule has 1 aromatic heterocycles. The van der Waals surface area contributed by atoms with Crippen molar-refractivity contribution in [1.29, 1.82) is 0 Å². The smallest absolute Gasteiger partial charge is 0.133 e. The molecule has 1 fully saturated rings. The summed E-state index contributed by atoms with van der Waals surface area (Å²) in [7, 11) is 0. The van der Waals surface area contributed by atoms with E-state index in [-0.39, 0.29) is 0 Å². The summed E-state index contributed by atoms with van der Waals surface area (Å²) in [5.74, 6) is 1.84. The molecule has 0 amide bonds. The number of benzene rings is 1. The number of hydrogen-bond acceptors (Lipinski definition) is 4. The van der Waals surface area contributed by atoms with E-state index in [1.165, 1.54) is 12.0 Å². The van der Waals surface area contributed by atoms with Crippen molar-refractivity contribution in [3.63, 3.8) is 0 Å². The highest BCUT2D eigenvalue weighted by Crippen LogP contribution is 2.32. The normalized spacial score (nSPS) is 18.7. The first-order valence-corrected chi connectivity index (χ1v) is 8.15. The van der Waals surface area contributed by atoms with Crippen LogP contribution in [0.5, 0.6) is 5.75 Å². The van der Waals surface area contributed by atoms with Crippen LogP contribution in [0.2, 0.25) is 0 Å². The van der Waals surface area contributed by atoms with E-state index in [0.717, 1.165) is 49.7 Å². The second-order valence-electron chi connectivity index (χ2n) is 5.98. The lowest BCUT2D eigenvalue weighted by molar-refractivity contribution is 0.236. The van der Waals surface area contributed by atoms with E-state index < -0.39 is 0 Å². The summed E-state index contributed by atoms with van der Waals surface area (Å²) in [6, 6.07) is 10.9. The Morgan fingerprint density at radius 1 is 1.32 bits per heavy atom. The molecule has 1 aliphatic rings. The summed E-state index contributed by atoms with van der Waals surface area (Å²) in [5.41, 5.74) is 2.38. The van der Waals surface area contributed by atoms with Gasteiger partial charge >= 0.3 is 0 Å². The van der Waals surface area contributed by atoms with Gasteiger partial charge < -0.3 is 9.26 Å². The van der Waals surface area contributed by atoms with Crippen LogP contribution in [-0.2, 0) is 6.54 Å². The highest BCUT2D eigenvalue weighted by atomic mass is 16.5. The zero-order chi connectivity index (χ0) is 15.4. The quantitative estimate of drug-likeness (QED) is 0.804. The number of hydrogen-bond donors (Lipinski definition) is 0. The summed E-state index contributed by atoms with van der Waals surface area (Å²) in [6.07, 6.45) is 3.41. The minimum absolute atomic E-state index is 0.383. The molecule has 1 atom stereocenters. The molecule has 2 aromatic rings. The van der Waals surface area contributed by atoms with Gasteiger partial charge in [-0.1, -0.05) is 24.2 Å². The maximum absolute atomic E-state index is 5.64. The predicted molar refractivity (Wildman–Crippen MR) is 85.9 cm³/mol. The van der Waals surface area contributed by atoms with Gasteiger partial charge in [0.2, 0.25) is 0 Å². The van der Waals surface area contributed by atoms with Crippen LogP contribution in [-0.4, -0.2) is 23.2 Å². The molecule has 1 aliphatic heterocycles. The molecule has 0 radical (unpaired) electrons. The fourth-order valence-corrected chi connectivity index (χ4v) is 3.04. The first-order chi connectivity index (χ1) is 10.8. The van der Waals surface area contributed by atoms with E-state index in [9.17, 15) is 0 Å². The molecule has 0 unspecified atom stereocenters. The maximum Gasteiger partial charge on any atom is 0.133 e. The molecular weight excluding hydrogens is 276 g/mol. The first kappa shape index (κ1) is 15.1. The van der Waals surface area contributed by atoms with E-state index in [1.54, 1.807) is 0 Å². The Kier molecular flexibility index (Phi) is 4.78. The molecular formula is C18H24N2O2. The van der Waals surface area contributed by atoms with E-state index in [2.05, 4.69) is 47.3 Å². The molecule has 0 N–H and O–H groups in total. The maximum atomic E-state index is 5.64. The zero-order valence-corrected chi connectivity index (χ0v) is 13.4. The molecule has 3 rings (SSSR count). The molecule has 0 bridgehead atoms. The molecule has 22 heavy (non-hydrogen) atoms. The minimum atomic E-state index is 0.383. The third-order valence-electron chi connectivity index (χ3n) is 4.13. The van der Waals surface area contributed by atoms with Crippen LogP contribution in [0, 0.1) is 6.92 Å². The lowest BCUT2D eigenvalue weighted by Crippen LogP contribution is -2.22. The number of ether oxygens (including phenoxy) is 1. The van der Waals surface area contributed by atoms with Crippen LogP contribution < -0.4 is 4.74 Å². The number of aromatic nitrogens is 1. The molecule has 2 heterocycles. The summed E-state index contributed by atoms with van der Waals surface area (Å²) < 4.78 is 10.9. The largest absolute Gasteiger partial charge is 0.494 e. The van der Waals surface area contributed by atoms with Crippen LogP contribution in [0.1, 0.15) is 49.2 Å². The van der Waals surface area contributed by atoms with Crippen molar-refractivity contribution in [3.05, 3.63) is 47.3 Å². The molecule has 4 nitrogen and oxygen atoms in total. The molecule has 0 saturated carbocycles.